The lowest BCUT2D eigenvalue weighted by molar-refractivity contribution is -0.150. The molecule has 0 fully saturated rings. The molecule has 1 aliphatic rings. The molecule has 0 bridgehead atoms. The van der Waals surface area contributed by atoms with Crippen LogP contribution in [0.15, 0.2) is 22.7 Å². The summed E-state index contributed by atoms with van der Waals surface area (Å²) in [5.74, 6) is -3.93. The molecule has 9 nitrogen and oxygen atoms in total. The summed E-state index contributed by atoms with van der Waals surface area (Å²) in [4.78, 5) is 37.6. The van der Waals surface area contributed by atoms with Crippen LogP contribution >= 0.6 is 35.0 Å². The van der Waals surface area contributed by atoms with E-state index in [1.165, 1.54) is 12.1 Å². The minimum absolute atomic E-state index is 0.0474. The second kappa shape index (κ2) is 13.4. The summed E-state index contributed by atoms with van der Waals surface area (Å²) in [6.45, 7) is 3.04. The Balaban J connectivity index is 2.42. The van der Waals surface area contributed by atoms with Gasteiger partial charge in [-0.25, -0.2) is 0 Å². The van der Waals surface area contributed by atoms with Crippen molar-refractivity contribution in [2.45, 2.75) is 19.3 Å². The third-order valence-electron chi connectivity index (χ3n) is 4.85. The highest BCUT2D eigenvalue weighted by Gasteiger charge is 2.44. The maximum atomic E-state index is 12.9. The van der Waals surface area contributed by atoms with Gasteiger partial charge in [-0.2, -0.15) is 5.26 Å². The van der Waals surface area contributed by atoms with Gasteiger partial charge in [0, 0.05) is 26.2 Å². The molecule has 2 rings (SSSR count). The van der Waals surface area contributed by atoms with E-state index >= 15 is 0 Å². The summed E-state index contributed by atoms with van der Waals surface area (Å²) in [5, 5.41) is 15.8. The minimum Gasteiger partial charge on any atom is -0.491 e. The van der Waals surface area contributed by atoms with Crippen molar-refractivity contribution in [1.82, 2.24) is 10.6 Å². The number of ether oxygens (including phenoxy) is 3. The van der Waals surface area contributed by atoms with Crippen LogP contribution in [0.5, 0.6) is 5.75 Å². The number of methoxy groups -OCH3 is 2. The molecule has 0 saturated carbocycles. The van der Waals surface area contributed by atoms with Gasteiger partial charge in [-0.3, -0.25) is 14.4 Å². The average molecular weight is 530 g/mol. The highest BCUT2D eigenvalue weighted by Crippen LogP contribution is 2.44. The summed E-state index contributed by atoms with van der Waals surface area (Å²) in [6.07, 6.45) is 0.651. The molecule has 2 N–H and O–H groups in total. The van der Waals surface area contributed by atoms with Crippen molar-refractivity contribution in [3.8, 4) is 11.8 Å². The van der Waals surface area contributed by atoms with Gasteiger partial charge in [-0.05, 0) is 31.0 Å². The number of nitrogens with one attached hydrogen (secondary N) is 2. The van der Waals surface area contributed by atoms with Crippen molar-refractivity contribution in [2.24, 2.45) is 5.92 Å². The van der Waals surface area contributed by atoms with Gasteiger partial charge in [0.1, 0.15) is 5.92 Å². The van der Waals surface area contributed by atoms with Crippen LogP contribution in [0.3, 0.4) is 0 Å². The zero-order valence-corrected chi connectivity index (χ0v) is 21.2. The number of amides is 2. The summed E-state index contributed by atoms with van der Waals surface area (Å²) < 4.78 is 15.2. The first-order valence-electron chi connectivity index (χ1n) is 10.3. The Morgan fingerprint density at radius 2 is 1.94 bits per heavy atom. The van der Waals surface area contributed by atoms with Crippen molar-refractivity contribution >= 4 is 52.7 Å². The standard InChI is InChI=1S/C22H25Cl2N3O6S/c1-4-33-19-14(23)8-12(9-15(19)24)17-13(10-25)21(27-20(29)18(17)22(30)32-3)34-11-16(28)26-6-5-7-31-2/h8-9,17-18H,4-7,11H2,1-3H3,(H,26,28)(H,27,29)/t17-,18+/m1/s1. The van der Waals surface area contributed by atoms with Crippen LogP contribution < -0.4 is 15.4 Å². The lowest BCUT2D eigenvalue weighted by Gasteiger charge is -2.31. The third kappa shape index (κ3) is 6.79. The van der Waals surface area contributed by atoms with Crippen molar-refractivity contribution in [2.75, 3.05) is 39.7 Å². The van der Waals surface area contributed by atoms with Crippen molar-refractivity contribution in [3.63, 3.8) is 0 Å². The van der Waals surface area contributed by atoms with Gasteiger partial charge in [0.2, 0.25) is 11.8 Å². The third-order valence-corrected chi connectivity index (χ3v) is 6.43. The van der Waals surface area contributed by atoms with E-state index in [0.29, 0.717) is 31.7 Å². The second-order valence-corrected chi connectivity index (χ2v) is 8.85. The SMILES string of the molecule is CCOc1c(Cl)cc([C@@H]2C(C#N)=C(SCC(=O)NCCCOC)NC(=O)[C@H]2C(=O)OC)cc1Cl. The van der Waals surface area contributed by atoms with Crippen LogP contribution in [0.2, 0.25) is 10.0 Å². The molecule has 0 unspecified atom stereocenters. The highest BCUT2D eigenvalue weighted by atomic mass is 35.5. The molecule has 0 spiro atoms. The Hall–Kier alpha value is -2.45. The number of nitriles is 1. The van der Waals surface area contributed by atoms with Gasteiger partial charge < -0.3 is 24.8 Å². The van der Waals surface area contributed by atoms with E-state index in [1.54, 1.807) is 14.0 Å². The lowest BCUT2D eigenvalue weighted by atomic mass is 9.78. The Morgan fingerprint density at radius 3 is 2.50 bits per heavy atom. The van der Waals surface area contributed by atoms with E-state index < -0.39 is 23.7 Å². The Bertz CT molecular complexity index is 988. The first-order chi connectivity index (χ1) is 16.3. The average Bonchev–Trinajstić information content (AvgIpc) is 2.81. The van der Waals surface area contributed by atoms with Gasteiger partial charge >= 0.3 is 5.97 Å². The number of rotatable bonds is 11. The number of hydrogen-bond acceptors (Lipinski definition) is 8. The maximum Gasteiger partial charge on any atom is 0.319 e. The van der Waals surface area contributed by atoms with Gasteiger partial charge in [0.05, 0.1) is 46.2 Å². The largest absolute Gasteiger partial charge is 0.491 e. The zero-order valence-electron chi connectivity index (χ0n) is 18.9. The molecule has 0 saturated heterocycles. The smallest absolute Gasteiger partial charge is 0.319 e. The number of thioether (sulfide) groups is 1. The van der Waals surface area contributed by atoms with Crippen molar-refractivity contribution in [1.29, 1.82) is 5.26 Å². The number of carbonyl (C=O) groups is 3. The second-order valence-electron chi connectivity index (χ2n) is 7.05. The summed E-state index contributed by atoms with van der Waals surface area (Å²) in [5.41, 5.74) is 0.450. The molecule has 0 radical (unpaired) electrons. The first kappa shape index (κ1) is 27.8. The van der Waals surface area contributed by atoms with Gasteiger partial charge in [0.15, 0.2) is 5.75 Å². The molecule has 1 heterocycles. The summed E-state index contributed by atoms with van der Waals surface area (Å²) in [7, 11) is 2.72. The Kier molecular flexibility index (Phi) is 11.0. The predicted octanol–water partition coefficient (Wildman–Crippen LogP) is 3.02. The van der Waals surface area contributed by atoms with E-state index in [0.717, 1.165) is 18.9 Å². The maximum absolute atomic E-state index is 12.9. The molecular formula is C22H25Cl2N3O6S. The fraction of sp³-hybridized carbons (Fsp3) is 0.455. The molecule has 2 amide bonds. The van der Waals surface area contributed by atoms with Gasteiger partial charge in [0.25, 0.3) is 0 Å². The molecule has 12 heteroatoms. The zero-order chi connectivity index (χ0) is 25.3. The Morgan fingerprint density at radius 1 is 1.26 bits per heavy atom. The fourth-order valence-corrected chi connectivity index (χ4v) is 4.85. The van der Waals surface area contributed by atoms with Crippen molar-refractivity contribution < 1.29 is 28.6 Å². The lowest BCUT2D eigenvalue weighted by Crippen LogP contribution is -2.44. The normalized spacial score (nSPS) is 17.6. The minimum atomic E-state index is -1.35. The number of hydrogen-bond donors (Lipinski definition) is 2. The van der Waals surface area contributed by atoms with Crippen LogP contribution in [-0.2, 0) is 23.9 Å². The van der Waals surface area contributed by atoms with E-state index in [9.17, 15) is 19.6 Å². The van der Waals surface area contributed by atoms with Gasteiger partial charge in [-0.1, -0.05) is 35.0 Å². The number of nitrogens with zero attached hydrogens (tertiary/aromatic N) is 1. The van der Waals surface area contributed by atoms with E-state index in [-0.39, 0.29) is 38.1 Å². The summed E-state index contributed by atoms with van der Waals surface area (Å²) >= 11 is 13.7. The van der Waals surface area contributed by atoms with Crippen LogP contribution in [0.4, 0.5) is 0 Å². The molecule has 1 aromatic carbocycles. The van der Waals surface area contributed by atoms with Gasteiger partial charge in [-0.15, -0.1) is 0 Å². The van der Waals surface area contributed by atoms with Crippen molar-refractivity contribution in [3.05, 3.63) is 38.3 Å². The van der Waals surface area contributed by atoms with Crippen LogP contribution in [0, 0.1) is 17.2 Å². The molecule has 34 heavy (non-hydrogen) atoms. The topological polar surface area (TPSA) is 127 Å². The molecule has 0 aromatic heterocycles. The molecular weight excluding hydrogens is 505 g/mol. The monoisotopic (exact) mass is 529 g/mol. The molecule has 184 valence electrons. The van der Waals surface area contributed by atoms with E-state index in [2.05, 4.69) is 16.7 Å². The number of carbonyl (C=O) groups excluding carboxylic acids is 3. The highest BCUT2D eigenvalue weighted by molar-refractivity contribution is 8.03. The number of esters is 1. The molecule has 1 aliphatic heterocycles. The number of halogens is 2. The quantitative estimate of drug-likeness (QED) is 0.254. The number of allylic oxidation sites excluding steroid dienone is 1. The van der Waals surface area contributed by atoms with E-state index in [1.807, 2.05) is 0 Å². The molecule has 1 aromatic rings. The Labute approximate surface area is 212 Å². The predicted molar refractivity (Wildman–Crippen MR) is 129 cm³/mol. The fourth-order valence-electron chi connectivity index (χ4n) is 3.35. The van der Waals surface area contributed by atoms with Crippen LogP contribution in [-0.4, -0.2) is 57.5 Å². The number of benzene rings is 1. The first-order valence-corrected chi connectivity index (χ1v) is 12.1. The summed E-state index contributed by atoms with van der Waals surface area (Å²) in [6, 6.07) is 5.06. The van der Waals surface area contributed by atoms with E-state index in [4.69, 9.17) is 37.4 Å². The van der Waals surface area contributed by atoms with Crippen LogP contribution in [0.25, 0.3) is 0 Å². The molecule has 0 aliphatic carbocycles. The van der Waals surface area contributed by atoms with Crippen LogP contribution in [0.1, 0.15) is 24.8 Å². The molecule has 2 atom stereocenters.